The molecule has 6 nitrogen and oxygen atoms in total. The second-order valence-electron chi connectivity index (χ2n) is 10.9. The minimum Gasteiger partial charge on any atom is -0.369 e. The van der Waals surface area contributed by atoms with E-state index in [0.717, 1.165) is 40.3 Å². The van der Waals surface area contributed by atoms with Crippen LogP contribution in [0.4, 0.5) is 5.69 Å². The maximum absolute atomic E-state index is 4.90. The Morgan fingerprint density at radius 1 is 1.06 bits per heavy atom. The molecule has 3 fully saturated rings. The van der Waals surface area contributed by atoms with Crippen molar-refractivity contribution in [3.05, 3.63) is 53.1 Å². The van der Waals surface area contributed by atoms with Crippen molar-refractivity contribution in [2.75, 3.05) is 24.5 Å². The molecule has 0 radical (unpaired) electrons. The smallest absolute Gasteiger partial charge is 0.149 e. The largest absolute Gasteiger partial charge is 0.369 e. The van der Waals surface area contributed by atoms with Gasteiger partial charge in [0, 0.05) is 37.1 Å². The highest BCUT2D eigenvalue weighted by Crippen LogP contribution is 2.41. The fourth-order valence-corrected chi connectivity index (χ4v) is 5.83. The molecule has 4 heterocycles. The van der Waals surface area contributed by atoms with Crippen molar-refractivity contribution in [2.24, 2.45) is 5.92 Å². The molecule has 6 rings (SSSR count). The van der Waals surface area contributed by atoms with Gasteiger partial charge in [0.05, 0.1) is 23.0 Å². The normalized spacial score (nSPS) is 21.1. The van der Waals surface area contributed by atoms with Gasteiger partial charge in [0.15, 0.2) is 0 Å². The molecule has 0 bridgehead atoms. The number of anilines is 1. The summed E-state index contributed by atoms with van der Waals surface area (Å²) in [6.45, 7) is 7.76. The highest BCUT2D eigenvalue weighted by atomic mass is 32.1. The van der Waals surface area contributed by atoms with Crippen LogP contribution in [0.5, 0.6) is 0 Å². The lowest BCUT2D eigenvalue weighted by molar-refractivity contribution is 0.416. The highest BCUT2D eigenvalue weighted by Gasteiger charge is 2.31. The number of aromatic nitrogens is 4. The van der Waals surface area contributed by atoms with Gasteiger partial charge in [-0.3, -0.25) is 9.97 Å². The first-order chi connectivity index (χ1) is 16.6. The van der Waals surface area contributed by atoms with Crippen LogP contribution in [0.3, 0.4) is 0 Å². The van der Waals surface area contributed by atoms with Crippen molar-refractivity contribution in [3.8, 4) is 10.6 Å². The third-order valence-electron chi connectivity index (χ3n) is 7.58. The summed E-state index contributed by atoms with van der Waals surface area (Å²) in [5, 5.41) is 14.8. The summed E-state index contributed by atoms with van der Waals surface area (Å²) in [5.74, 6) is 1.61. The third-order valence-corrected chi connectivity index (χ3v) is 8.88. The van der Waals surface area contributed by atoms with E-state index >= 15 is 0 Å². The number of nitrogens with zero attached hydrogens (tertiary/aromatic N) is 5. The molecule has 1 N–H and O–H groups in total. The summed E-state index contributed by atoms with van der Waals surface area (Å²) in [4.78, 5) is 11.8. The van der Waals surface area contributed by atoms with Crippen LogP contribution in [0.15, 0.2) is 36.8 Å². The van der Waals surface area contributed by atoms with Crippen molar-refractivity contribution in [3.63, 3.8) is 0 Å². The number of pyridine rings is 2. The molecule has 1 saturated heterocycles. The summed E-state index contributed by atoms with van der Waals surface area (Å²) in [6.07, 6.45) is 13.8. The van der Waals surface area contributed by atoms with Crippen LogP contribution >= 0.6 is 11.3 Å². The molecule has 34 heavy (non-hydrogen) atoms. The maximum Gasteiger partial charge on any atom is 0.149 e. The Hall–Kier alpha value is -2.38. The SMILES string of the molecule is CC(C)(c1ccc(N2CCC[C@@H](NCC3CC3)C2)cn1)c1nnc(-c2cncc(C3CC3)c2)s1. The van der Waals surface area contributed by atoms with E-state index in [-0.39, 0.29) is 5.41 Å². The van der Waals surface area contributed by atoms with Crippen LogP contribution in [0.2, 0.25) is 0 Å². The van der Waals surface area contributed by atoms with Gasteiger partial charge in [-0.05, 0) is 94.5 Å². The van der Waals surface area contributed by atoms with Gasteiger partial charge in [0.25, 0.3) is 0 Å². The van der Waals surface area contributed by atoms with E-state index in [1.807, 2.05) is 18.6 Å². The van der Waals surface area contributed by atoms with E-state index in [4.69, 9.17) is 4.98 Å². The van der Waals surface area contributed by atoms with Gasteiger partial charge in [0.2, 0.25) is 0 Å². The van der Waals surface area contributed by atoms with Gasteiger partial charge in [-0.2, -0.15) is 0 Å². The first-order valence-electron chi connectivity index (χ1n) is 12.8. The molecule has 178 valence electrons. The lowest BCUT2D eigenvalue weighted by Gasteiger charge is -2.35. The van der Waals surface area contributed by atoms with Crippen molar-refractivity contribution in [2.45, 2.75) is 69.7 Å². The summed E-state index contributed by atoms with van der Waals surface area (Å²) in [5.41, 5.74) is 4.35. The standard InChI is InChI=1S/C27H34N6S/c1-27(2,26-32-31-25(34-26)21-12-20(14-28-15-21)19-7-8-19)24-10-9-23(16-30-24)33-11-3-4-22(17-33)29-13-18-5-6-18/h9-10,12,14-16,18-19,22,29H,3-8,11,13,17H2,1-2H3/t22-/m1/s1. The monoisotopic (exact) mass is 474 g/mol. The molecule has 0 amide bonds. The van der Waals surface area contributed by atoms with Crippen LogP contribution in [-0.4, -0.2) is 45.8 Å². The van der Waals surface area contributed by atoms with Crippen molar-refractivity contribution >= 4 is 17.0 Å². The van der Waals surface area contributed by atoms with Crippen molar-refractivity contribution < 1.29 is 0 Å². The first-order valence-corrected chi connectivity index (χ1v) is 13.6. The summed E-state index contributed by atoms with van der Waals surface area (Å²) in [6, 6.07) is 7.24. The second-order valence-corrected chi connectivity index (χ2v) is 11.8. The quantitative estimate of drug-likeness (QED) is 0.486. The van der Waals surface area contributed by atoms with Gasteiger partial charge < -0.3 is 10.2 Å². The van der Waals surface area contributed by atoms with Gasteiger partial charge >= 0.3 is 0 Å². The van der Waals surface area contributed by atoms with E-state index in [1.165, 1.54) is 56.3 Å². The Bertz CT molecular complexity index is 1130. The fourth-order valence-electron chi connectivity index (χ4n) is 4.89. The molecular formula is C27H34N6S. The first kappa shape index (κ1) is 22.1. The molecule has 3 aromatic heterocycles. The topological polar surface area (TPSA) is 66.8 Å². The Morgan fingerprint density at radius 3 is 2.71 bits per heavy atom. The van der Waals surface area contributed by atoms with Crippen LogP contribution < -0.4 is 10.2 Å². The van der Waals surface area contributed by atoms with Crippen LogP contribution in [0.1, 0.15) is 74.6 Å². The zero-order chi connectivity index (χ0) is 23.1. The second kappa shape index (κ2) is 9.00. The van der Waals surface area contributed by atoms with E-state index in [0.29, 0.717) is 12.0 Å². The molecular weight excluding hydrogens is 440 g/mol. The molecule has 0 aromatic carbocycles. The summed E-state index contributed by atoms with van der Waals surface area (Å²) >= 11 is 1.65. The van der Waals surface area contributed by atoms with E-state index < -0.39 is 0 Å². The molecule has 0 unspecified atom stereocenters. The van der Waals surface area contributed by atoms with E-state index in [1.54, 1.807) is 11.3 Å². The molecule has 1 aliphatic heterocycles. The number of hydrogen-bond acceptors (Lipinski definition) is 7. The zero-order valence-corrected chi connectivity index (χ0v) is 21.0. The molecule has 3 aromatic rings. The number of nitrogens with one attached hydrogen (secondary N) is 1. The Balaban J connectivity index is 1.15. The van der Waals surface area contributed by atoms with Gasteiger partial charge in [-0.1, -0.05) is 11.3 Å². The summed E-state index contributed by atoms with van der Waals surface area (Å²) < 4.78 is 0. The Morgan fingerprint density at radius 2 is 1.94 bits per heavy atom. The maximum atomic E-state index is 4.90. The predicted octanol–water partition coefficient (Wildman–Crippen LogP) is 5.17. The van der Waals surface area contributed by atoms with Gasteiger partial charge in [-0.15, -0.1) is 10.2 Å². The molecule has 0 spiro atoms. The lowest BCUT2D eigenvalue weighted by Crippen LogP contribution is -2.46. The molecule has 2 saturated carbocycles. The van der Waals surface area contributed by atoms with Crippen LogP contribution in [0.25, 0.3) is 10.6 Å². The number of piperidine rings is 1. The molecule has 7 heteroatoms. The van der Waals surface area contributed by atoms with Gasteiger partial charge in [-0.25, -0.2) is 0 Å². The third kappa shape index (κ3) is 4.73. The fraction of sp³-hybridized carbons (Fsp3) is 0.556. The molecule has 2 aliphatic carbocycles. The van der Waals surface area contributed by atoms with E-state index in [9.17, 15) is 0 Å². The minimum atomic E-state index is -0.299. The lowest BCUT2D eigenvalue weighted by atomic mass is 9.89. The average Bonchev–Trinajstić information content (AvgIpc) is 3.81. The number of rotatable bonds is 8. The summed E-state index contributed by atoms with van der Waals surface area (Å²) in [7, 11) is 0. The zero-order valence-electron chi connectivity index (χ0n) is 20.2. The van der Waals surface area contributed by atoms with Crippen molar-refractivity contribution in [1.82, 2.24) is 25.5 Å². The molecule has 3 aliphatic rings. The average molecular weight is 475 g/mol. The Labute approximate surface area is 206 Å². The predicted molar refractivity (Wildman–Crippen MR) is 137 cm³/mol. The van der Waals surface area contributed by atoms with Gasteiger partial charge in [0.1, 0.15) is 10.0 Å². The van der Waals surface area contributed by atoms with E-state index in [2.05, 4.69) is 57.4 Å². The number of hydrogen-bond donors (Lipinski definition) is 1. The van der Waals surface area contributed by atoms with Crippen molar-refractivity contribution in [1.29, 1.82) is 0 Å². The molecule has 1 atom stereocenters. The minimum absolute atomic E-state index is 0.299. The Kier molecular flexibility index (Phi) is 5.86. The van der Waals surface area contributed by atoms with Crippen LogP contribution in [0, 0.1) is 5.92 Å². The van der Waals surface area contributed by atoms with Crippen LogP contribution in [-0.2, 0) is 5.41 Å². The highest BCUT2D eigenvalue weighted by molar-refractivity contribution is 7.14.